The Hall–Kier alpha value is -3.35. The second kappa shape index (κ2) is 9.23. The van der Waals surface area contributed by atoms with E-state index in [-0.39, 0.29) is 17.9 Å². The maximum Gasteiger partial charge on any atom is 0.251 e. The van der Waals surface area contributed by atoms with Crippen LogP contribution in [0.4, 0.5) is 4.39 Å². The fourth-order valence-corrected chi connectivity index (χ4v) is 3.12. The van der Waals surface area contributed by atoms with Crippen molar-refractivity contribution in [3.8, 4) is 11.5 Å². The number of H-pyrrole nitrogens is 1. The summed E-state index contributed by atoms with van der Waals surface area (Å²) in [5.41, 5.74) is 1.65. The van der Waals surface area contributed by atoms with Crippen molar-refractivity contribution in [2.75, 3.05) is 20.8 Å². The van der Waals surface area contributed by atoms with E-state index in [0.29, 0.717) is 42.0 Å². The average Bonchev–Trinajstić information content (AvgIpc) is 2.72. The highest BCUT2D eigenvalue weighted by Gasteiger charge is 2.08. The Labute approximate surface area is 167 Å². The first-order valence-corrected chi connectivity index (χ1v) is 9.29. The first kappa shape index (κ1) is 20.4. The normalized spacial score (nSPS) is 10.7. The number of pyridine rings is 1. The van der Waals surface area contributed by atoms with Crippen molar-refractivity contribution in [1.82, 2.24) is 10.3 Å². The molecule has 1 amide bonds. The third-order valence-electron chi connectivity index (χ3n) is 4.69. The minimum atomic E-state index is -0.408. The van der Waals surface area contributed by atoms with Crippen LogP contribution in [-0.2, 0) is 17.6 Å². The summed E-state index contributed by atoms with van der Waals surface area (Å²) in [5.74, 6) is 0.759. The van der Waals surface area contributed by atoms with Gasteiger partial charge in [-0.2, -0.15) is 0 Å². The predicted octanol–water partition coefficient (Wildman–Crippen LogP) is 2.98. The zero-order valence-electron chi connectivity index (χ0n) is 16.4. The van der Waals surface area contributed by atoms with Gasteiger partial charge < -0.3 is 19.8 Å². The molecule has 0 aliphatic carbocycles. The number of hydrogen-bond donors (Lipinski definition) is 2. The number of methoxy groups -OCH3 is 2. The van der Waals surface area contributed by atoms with Gasteiger partial charge in [-0.3, -0.25) is 9.59 Å². The molecule has 152 valence electrons. The molecule has 0 radical (unpaired) electrons. The van der Waals surface area contributed by atoms with Gasteiger partial charge in [-0.15, -0.1) is 0 Å². The van der Waals surface area contributed by atoms with Crippen LogP contribution in [0.15, 0.2) is 47.3 Å². The molecule has 0 spiro atoms. The number of aryl methyl sites for hydroxylation is 1. The lowest BCUT2D eigenvalue weighted by atomic mass is 10.1. The van der Waals surface area contributed by atoms with Crippen LogP contribution in [0.25, 0.3) is 10.9 Å². The van der Waals surface area contributed by atoms with E-state index in [2.05, 4.69) is 10.3 Å². The van der Waals surface area contributed by atoms with Crippen LogP contribution >= 0.6 is 0 Å². The largest absolute Gasteiger partial charge is 0.493 e. The molecule has 0 unspecified atom stereocenters. The fourth-order valence-electron chi connectivity index (χ4n) is 3.12. The first-order chi connectivity index (χ1) is 14.0. The first-order valence-electron chi connectivity index (χ1n) is 9.29. The number of halogens is 1. The van der Waals surface area contributed by atoms with Crippen LogP contribution in [0.2, 0.25) is 0 Å². The predicted molar refractivity (Wildman–Crippen MR) is 109 cm³/mol. The highest BCUT2D eigenvalue weighted by Crippen LogP contribution is 2.27. The molecule has 0 aliphatic heterocycles. The smallest absolute Gasteiger partial charge is 0.251 e. The van der Waals surface area contributed by atoms with Crippen molar-refractivity contribution in [3.63, 3.8) is 0 Å². The Bertz CT molecular complexity index is 1080. The molecular formula is C22H23FN2O4. The van der Waals surface area contributed by atoms with Crippen LogP contribution < -0.4 is 20.3 Å². The molecule has 3 rings (SSSR count). The standard InChI is InChI=1S/C22H23FN2O4/c1-28-19-7-3-14(11-20(19)29-2)9-10-24-21(26)8-5-16-12-15-4-6-17(23)13-18(15)25-22(16)27/h3-4,6-7,11-13H,5,8-10H2,1-2H3,(H,24,26)(H,25,27). The molecule has 0 saturated heterocycles. The summed E-state index contributed by atoms with van der Waals surface area (Å²) in [6.07, 6.45) is 1.15. The van der Waals surface area contributed by atoms with E-state index < -0.39 is 5.82 Å². The van der Waals surface area contributed by atoms with Gasteiger partial charge in [0.15, 0.2) is 11.5 Å². The summed E-state index contributed by atoms with van der Waals surface area (Å²) in [4.78, 5) is 26.9. The molecule has 3 aromatic rings. The maximum atomic E-state index is 13.3. The lowest BCUT2D eigenvalue weighted by Gasteiger charge is -2.10. The number of aromatic nitrogens is 1. The van der Waals surface area contributed by atoms with Gasteiger partial charge in [0.05, 0.1) is 19.7 Å². The molecule has 29 heavy (non-hydrogen) atoms. The SMILES string of the molecule is COc1ccc(CCNC(=O)CCc2cc3ccc(F)cc3[nH]c2=O)cc1OC. The summed E-state index contributed by atoms with van der Waals surface area (Å²) in [7, 11) is 3.16. The number of benzene rings is 2. The zero-order chi connectivity index (χ0) is 20.8. The Morgan fingerprint density at radius 1 is 1.03 bits per heavy atom. The Morgan fingerprint density at radius 2 is 1.83 bits per heavy atom. The van der Waals surface area contributed by atoms with Crippen molar-refractivity contribution in [3.05, 3.63) is 69.8 Å². The Balaban J connectivity index is 1.53. The number of carbonyl (C=O) groups excluding carboxylic acids is 1. The number of carbonyl (C=O) groups is 1. The third kappa shape index (κ3) is 5.13. The van der Waals surface area contributed by atoms with Crippen LogP contribution in [0.1, 0.15) is 17.5 Å². The summed E-state index contributed by atoms with van der Waals surface area (Å²) < 4.78 is 23.7. The highest BCUT2D eigenvalue weighted by atomic mass is 19.1. The Kier molecular flexibility index (Phi) is 6.49. The van der Waals surface area contributed by atoms with E-state index in [1.807, 2.05) is 18.2 Å². The molecule has 6 nitrogen and oxygen atoms in total. The molecule has 7 heteroatoms. The third-order valence-corrected chi connectivity index (χ3v) is 4.69. The molecular weight excluding hydrogens is 375 g/mol. The van der Waals surface area contributed by atoms with E-state index in [4.69, 9.17) is 9.47 Å². The fraction of sp³-hybridized carbons (Fsp3) is 0.273. The van der Waals surface area contributed by atoms with Crippen molar-refractivity contribution in [2.24, 2.45) is 0 Å². The Morgan fingerprint density at radius 3 is 2.59 bits per heavy atom. The lowest BCUT2D eigenvalue weighted by molar-refractivity contribution is -0.121. The van der Waals surface area contributed by atoms with Gasteiger partial charge in [0, 0.05) is 18.5 Å². The molecule has 1 heterocycles. The van der Waals surface area contributed by atoms with Crippen LogP contribution in [0.5, 0.6) is 11.5 Å². The van der Waals surface area contributed by atoms with Gasteiger partial charge in [0.2, 0.25) is 5.91 Å². The topological polar surface area (TPSA) is 80.4 Å². The lowest BCUT2D eigenvalue weighted by Crippen LogP contribution is -2.26. The minimum absolute atomic E-state index is 0.135. The molecule has 0 fully saturated rings. The van der Waals surface area contributed by atoms with E-state index in [0.717, 1.165) is 10.9 Å². The van der Waals surface area contributed by atoms with Gasteiger partial charge in [0.25, 0.3) is 5.56 Å². The quantitative estimate of drug-likeness (QED) is 0.611. The second-order valence-electron chi connectivity index (χ2n) is 6.64. The van der Waals surface area contributed by atoms with Gasteiger partial charge >= 0.3 is 0 Å². The maximum absolute atomic E-state index is 13.3. The van der Waals surface area contributed by atoms with Gasteiger partial charge in [-0.1, -0.05) is 6.07 Å². The van der Waals surface area contributed by atoms with Crippen LogP contribution in [-0.4, -0.2) is 31.7 Å². The molecule has 0 atom stereocenters. The van der Waals surface area contributed by atoms with Crippen molar-refractivity contribution >= 4 is 16.8 Å². The van der Waals surface area contributed by atoms with E-state index in [1.54, 1.807) is 26.4 Å². The van der Waals surface area contributed by atoms with E-state index in [9.17, 15) is 14.0 Å². The van der Waals surface area contributed by atoms with Crippen molar-refractivity contribution < 1.29 is 18.7 Å². The molecule has 0 saturated carbocycles. The highest BCUT2D eigenvalue weighted by molar-refractivity contribution is 5.79. The number of hydrogen-bond acceptors (Lipinski definition) is 4. The summed E-state index contributed by atoms with van der Waals surface area (Å²) in [6.45, 7) is 0.474. The van der Waals surface area contributed by atoms with Gasteiger partial charge in [-0.05, 0) is 60.2 Å². The number of ether oxygens (including phenoxy) is 2. The number of amides is 1. The van der Waals surface area contributed by atoms with Crippen molar-refractivity contribution in [1.29, 1.82) is 0 Å². The van der Waals surface area contributed by atoms with Gasteiger partial charge in [0.1, 0.15) is 5.82 Å². The summed E-state index contributed by atoms with van der Waals surface area (Å²) >= 11 is 0. The molecule has 2 aromatic carbocycles. The molecule has 2 N–H and O–H groups in total. The van der Waals surface area contributed by atoms with Crippen LogP contribution in [0.3, 0.4) is 0 Å². The minimum Gasteiger partial charge on any atom is -0.493 e. The number of fused-ring (bicyclic) bond motifs is 1. The average molecular weight is 398 g/mol. The second-order valence-corrected chi connectivity index (χ2v) is 6.64. The number of aromatic amines is 1. The summed E-state index contributed by atoms with van der Waals surface area (Å²) in [6, 6.07) is 11.5. The zero-order valence-corrected chi connectivity index (χ0v) is 16.4. The van der Waals surface area contributed by atoms with E-state index in [1.165, 1.54) is 12.1 Å². The molecule has 1 aromatic heterocycles. The molecule has 0 aliphatic rings. The number of nitrogens with one attached hydrogen (secondary N) is 2. The molecule has 0 bridgehead atoms. The van der Waals surface area contributed by atoms with Crippen LogP contribution in [0, 0.1) is 5.82 Å². The summed E-state index contributed by atoms with van der Waals surface area (Å²) in [5, 5.41) is 3.59. The van der Waals surface area contributed by atoms with Crippen molar-refractivity contribution in [2.45, 2.75) is 19.3 Å². The number of rotatable bonds is 8. The van der Waals surface area contributed by atoms with E-state index >= 15 is 0 Å². The monoisotopic (exact) mass is 398 g/mol. The van der Waals surface area contributed by atoms with Gasteiger partial charge in [-0.25, -0.2) is 4.39 Å².